The van der Waals surface area contributed by atoms with Crippen LogP contribution in [-0.4, -0.2) is 21.1 Å². The van der Waals surface area contributed by atoms with Gasteiger partial charge in [-0.1, -0.05) is 23.4 Å². The van der Waals surface area contributed by atoms with Gasteiger partial charge >= 0.3 is 0 Å². The summed E-state index contributed by atoms with van der Waals surface area (Å²) >= 11 is 7.07. The maximum atomic E-state index is 13.0. The number of aromatic nitrogens is 2. The van der Waals surface area contributed by atoms with Gasteiger partial charge in [0.1, 0.15) is 17.4 Å². The zero-order valence-corrected chi connectivity index (χ0v) is 16.4. The van der Waals surface area contributed by atoms with Crippen LogP contribution < -0.4 is 11.3 Å². The third-order valence-corrected chi connectivity index (χ3v) is 5.11. The van der Waals surface area contributed by atoms with Crippen molar-refractivity contribution in [2.75, 3.05) is 5.75 Å². The number of rotatable bonds is 6. The quantitative estimate of drug-likeness (QED) is 0.285. The Morgan fingerprint density at radius 1 is 1.43 bits per heavy atom. The summed E-state index contributed by atoms with van der Waals surface area (Å²) in [5, 5.41) is 10.3. The first kappa shape index (κ1) is 19.7. The predicted octanol–water partition coefficient (Wildman–Crippen LogP) is 3.11. The van der Waals surface area contributed by atoms with Gasteiger partial charge in [-0.2, -0.15) is 5.26 Å². The highest BCUT2D eigenvalue weighted by atomic mass is 35.5. The molecule has 0 aliphatic heterocycles. The number of carbonyl (C=O) groups excluding carboxylic acids is 1. The number of nitrogens with two attached hydrogens (primary N) is 1. The van der Waals surface area contributed by atoms with Crippen molar-refractivity contribution in [1.82, 2.24) is 9.55 Å². The number of fused-ring (bicyclic) bond motifs is 1. The van der Waals surface area contributed by atoms with E-state index in [4.69, 9.17) is 27.0 Å². The Balaban J connectivity index is 2.04. The number of halogens is 1. The van der Waals surface area contributed by atoms with Crippen molar-refractivity contribution in [3.63, 3.8) is 0 Å². The van der Waals surface area contributed by atoms with Crippen LogP contribution in [0.15, 0.2) is 62.2 Å². The molecule has 0 aliphatic carbocycles. The summed E-state index contributed by atoms with van der Waals surface area (Å²) in [6.07, 6.45) is 1.51. The van der Waals surface area contributed by atoms with Crippen LogP contribution in [0.25, 0.3) is 10.9 Å². The van der Waals surface area contributed by atoms with Crippen molar-refractivity contribution < 1.29 is 9.21 Å². The maximum absolute atomic E-state index is 13.0. The van der Waals surface area contributed by atoms with Crippen molar-refractivity contribution in [1.29, 1.82) is 5.26 Å². The fourth-order valence-corrected chi connectivity index (χ4v) is 3.59. The molecule has 7 nitrogen and oxygen atoms in total. The number of thioether (sulfide) groups is 1. The van der Waals surface area contributed by atoms with Crippen LogP contribution >= 0.6 is 23.4 Å². The SMILES string of the molecule is C/C(N)=C(/C#N)C(=O)CSc1nc2cc(Cl)ccc2c(=O)n1Cc1ccco1. The normalized spacial score (nSPS) is 11.9. The smallest absolute Gasteiger partial charge is 0.262 e. The Morgan fingerprint density at radius 3 is 2.86 bits per heavy atom. The lowest BCUT2D eigenvalue weighted by Crippen LogP contribution is -2.24. The summed E-state index contributed by atoms with van der Waals surface area (Å²) in [6, 6.07) is 10.1. The third kappa shape index (κ3) is 4.11. The number of ketones is 1. The van der Waals surface area contributed by atoms with Gasteiger partial charge in [0.15, 0.2) is 10.9 Å². The summed E-state index contributed by atoms with van der Waals surface area (Å²) in [4.78, 5) is 29.8. The van der Waals surface area contributed by atoms with E-state index in [1.54, 1.807) is 30.3 Å². The standard InChI is InChI=1S/C19H15ClN4O3S/c1-11(22)15(8-21)17(25)10-28-19-23-16-7-12(20)4-5-14(16)18(26)24(19)9-13-3-2-6-27-13/h2-7H,9-10,22H2,1H3/b15-11+. The Bertz CT molecular complexity index is 1170. The lowest BCUT2D eigenvalue weighted by Gasteiger charge is -2.12. The molecule has 0 atom stereocenters. The van der Waals surface area contributed by atoms with E-state index in [2.05, 4.69) is 4.98 Å². The first-order valence-electron chi connectivity index (χ1n) is 8.15. The lowest BCUT2D eigenvalue weighted by molar-refractivity contribution is -0.112. The second kappa shape index (κ2) is 8.33. The molecule has 0 bridgehead atoms. The highest BCUT2D eigenvalue weighted by Gasteiger charge is 2.17. The van der Waals surface area contributed by atoms with Crippen LogP contribution in [0.1, 0.15) is 12.7 Å². The molecule has 0 fully saturated rings. The van der Waals surface area contributed by atoms with Crippen LogP contribution in [0.3, 0.4) is 0 Å². The van der Waals surface area contributed by atoms with Gasteiger partial charge in [-0.25, -0.2) is 4.98 Å². The van der Waals surface area contributed by atoms with Gasteiger partial charge in [-0.15, -0.1) is 0 Å². The van der Waals surface area contributed by atoms with Crippen molar-refractivity contribution in [3.8, 4) is 6.07 Å². The first-order valence-corrected chi connectivity index (χ1v) is 9.52. The van der Waals surface area contributed by atoms with Gasteiger partial charge in [0.05, 0.1) is 29.5 Å². The van der Waals surface area contributed by atoms with E-state index in [1.165, 1.54) is 17.8 Å². The molecule has 0 amide bonds. The minimum Gasteiger partial charge on any atom is -0.467 e. The Hall–Kier alpha value is -3.02. The molecule has 1 aromatic carbocycles. The summed E-state index contributed by atoms with van der Waals surface area (Å²) in [6.45, 7) is 1.65. The number of hydrogen-bond donors (Lipinski definition) is 1. The van der Waals surface area contributed by atoms with Crippen LogP contribution in [0.4, 0.5) is 0 Å². The monoisotopic (exact) mass is 414 g/mol. The zero-order chi connectivity index (χ0) is 20.3. The minimum absolute atomic E-state index is 0.0892. The van der Waals surface area contributed by atoms with Gasteiger partial charge in [-0.05, 0) is 37.3 Å². The summed E-state index contributed by atoms with van der Waals surface area (Å²) in [5.41, 5.74) is 5.78. The Morgan fingerprint density at radius 2 is 2.21 bits per heavy atom. The number of Topliss-reactive ketones (excluding diaryl/α,β-unsaturated/α-hetero) is 1. The number of benzene rings is 1. The van der Waals surface area contributed by atoms with Crippen molar-refractivity contribution in [2.45, 2.75) is 18.6 Å². The van der Waals surface area contributed by atoms with Gasteiger partial charge in [0, 0.05) is 10.7 Å². The van der Waals surface area contributed by atoms with E-state index in [0.717, 1.165) is 11.8 Å². The van der Waals surface area contributed by atoms with Crippen LogP contribution in [0.2, 0.25) is 5.02 Å². The fraction of sp³-hybridized carbons (Fsp3) is 0.158. The molecule has 3 rings (SSSR count). The molecule has 2 N–H and O–H groups in total. The van der Waals surface area contributed by atoms with Crippen LogP contribution in [-0.2, 0) is 11.3 Å². The van der Waals surface area contributed by atoms with Gasteiger partial charge in [-0.3, -0.25) is 14.2 Å². The fourth-order valence-electron chi connectivity index (χ4n) is 2.55. The molecule has 0 spiro atoms. The van der Waals surface area contributed by atoms with E-state index in [1.807, 2.05) is 6.07 Å². The molecule has 3 aromatic rings. The average Bonchev–Trinajstić information content (AvgIpc) is 3.16. The summed E-state index contributed by atoms with van der Waals surface area (Å²) in [5.74, 6) is 0.0481. The molecule has 2 heterocycles. The number of nitrogens with zero attached hydrogens (tertiary/aromatic N) is 3. The summed E-state index contributed by atoms with van der Waals surface area (Å²) < 4.78 is 6.77. The van der Waals surface area contributed by atoms with E-state index in [-0.39, 0.29) is 29.1 Å². The number of hydrogen-bond acceptors (Lipinski definition) is 7. The highest BCUT2D eigenvalue weighted by molar-refractivity contribution is 7.99. The maximum Gasteiger partial charge on any atom is 0.262 e. The number of carbonyl (C=O) groups is 1. The van der Waals surface area contributed by atoms with E-state index >= 15 is 0 Å². The zero-order valence-electron chi connectivity index (χ0n) is 14.8. The molecule has 0 aliphatic rings. The molecular weight excluding hydrogens is 400 g/mol. The number of allylic oxidation sites excluding steroid dienone is 2. The predicted molar refractivity (Wildman–Crippen MR) is 107 cm³/mol. The van der Waals surface area contributed by atoms with Gasteiger partial charge in [0.25, 0.3) is 5.56 Å². The second-order valence-corrected chi connectivity index (χ2v) is 7.29. The topological polar surface area (TPSA) is 115 Å². The molecule has 142 valence electrons. The van der Waals surface area contributed by atoms with E-state index < -0.39 is 5.78 Å². The molecule has 9 heteroatoms. The molecule has 0 saturated carbocycles. The van der Waals surface area contributed by atoms with Gasteiger partial charge < -0.3 is 10.2 Å². The number of nitriles is 1. The molecule has 0 radical (unpaired) electrons. The van der Waals surface area contributed by atoms with E-state index in [9.17, 15) is 9.59 Å². The van der Waals surface area contributed by atoms with Crippen molar-refractivity contribution in [3.05, 3.63) is 69.0 Å². The molecule has 2 aromatic heterocycles. The van der Waals surface area contributed by atoms with Crippen molar-refractivity contribution >= 4 is 40.0 Å². The first-order chi connectivity index (χ1) is 13.4. The summed E-state index contributed by atoms with van der Waals surface area (Å²) in [7, 11) is 0. The molecular formula is C19H15ClN4O3S. The lowest BCUT2D eigenvalue weighted by atomic mass is 10.2. The van der Waals surface area contributed by atoms with Crippen molar-refractivity contribution in [2.24, 2.45) is 5.73 Å². The van der Waals surface area contributed by atoms with Crippen LogP contribution in [0, 0.1) is 11.3 Å². The highest BCUT2D eigenvalue weighted by Crippen LogP contribution is 2.22. The van der Waals surface area contributed by atoms with E-state index in [0.29, 0.717) is 26.8 Å². The van der Waals surface area contributed by atoms with Gasteiger partial charge in [0.2, 0.25) is 0 Å². The Kier molecular flexibility index (Phi) is 5.87. The Labute approximate surface area is 169 Å². The largest absolute Gasteiger partial charge is 0.467 e. The second-order valence-electron chi connectivity index (χ2n) is 5.91. The molecule has 0 saturated heterocycles. The number of furan rings is 1. The average molecular weight is 415 g/mol. The van der Waals surface area contributed by atoms with Crippen LogP contribution in [0.5, 0.6) is 0 Å². The molecule has 28 heavy (non-hydrogen) atoms. The third-order valence-electron chi connectivity index (χ3n) is 3.89. The minimum atomic E-state index is -0.433. The molecule has 0 unspecified atom stereocenters.